The first-order valence-electron chi connectivity index (χ1n) is 8.85. The van der Waals surface area contributed by atoms with Crippen LogP contribution in [0.5, 0.6) is 0 Å². The Balaban J connectivity index is 1.40. The lowest BCUT2D eigenvalue weighted by Crippen LogP contribution is -2.58. The van der Waals surface area contributed by atoms with Crippen LogP contribution in [-0.2, 0) is 20.8 Å². The lowest BCUT2D eigenvalue weighted by molar-refractivity contribution is -0.147. The molecule has 8 heteroatoms. The van der Waals surface area contributed by atoms with E-state index in [1.54, 1.807) is 5.51 Å². The van der Waals surface area contributed by atoms with Gasteiger partial charge in [0.25, 0.3) is 0 Å². The van der Waals surface area contributed by atoms with E-state index >= 15 is 0 Å². The summed E-state index contributed by atoms with van der Waals surface area (Å²) < 4.78 is 0. The molecule has 0 saturated carbocycles. The molecule has 0 aliphatic carbocycles. The number of rotatable bonds is 3. The zero-order valence-corrected chi connectivity index (χ0v) is 14.8. The average Bonchev–Trinajstić information content (AvgIpc) is 3.20. The van der Waals surface area contributed by atoms with Crippen LogP contribution in [-0.4, -0.2) is 64.2 Å². The normalized spacial score (nSPS) is 28.8. The smallest absolute Gasteiger partial charge is 0.229 e. The van der Waals surface area contributed by atoms with E-state index in [9.17, 15) is 14.4 Å². The zero-order chi connectivity index (χ0) is 17.4. The number of likely N-dealkylation sites (tertiary alicyclic amines) is 1. The molecule has 134 valence electrons. The second-order valence-electron chi connectivity index (χ2n) is 7.13. The van der Waals surface area contributed by atoms with Crippen molar-refractivity contribution in [1.29, 1.82) is 0 Å². The summed E-state index contributed by atoms with van der Waals surface area (Å²) in [5, 5.41) is 4.69. The Morgan fingerprint density at radius 1 is 1.24 bits per heavy atom. The molecular formula is C17H22N4O3S. The summed E-state index contributed by atoms with van der Waals surface area (Å²) in [7, 11) is 0. The standard InChI is InChI=1S/C17H22N4O3S/c22-15-5-11(3-4-18-15)17(24)20-7-13-1-2-14(8-20)21(13)16(23)6-12-9-25-10-19-12/h9-11,13-14H,1-8H2,(H,18,22). The molecule has 2 bridgehead atoms. The summed E-state index contributed by atoms with van der Waals surface area (Å²) in [6, 6.07) is 0.206. The third kappa shape index (κ3) is 3.27. The third-order valence-electron chi connectivity index (χ3n) is 5.49. The Labute approximate surface area is 150 Å². The van der Waals surface area contributed by atoms with E-state index in [0.717, 1.165) is 18.5 Å². The Morgan fingerprint density at radius 3 is 2.64 bits per heavy atom. The van der Waals surface area contributed by atoms with Gasteiger partial charge < -0.3 is 15.1 Å². The quantitative estimate of drug-likeness (QED) is 0.844. The monoisotopic (exact) mass is 362 g/mol. The van der Waals surface area contributed by atoms with Crippen molar-refractivity contribution in [2.75, 3.05) is 19.6 Å². The number of amides is 3. The van der Waals surface area contributed by atoms with Crippen LogP contribution in [0.15, 0.2) is 10.9 Å². The number of nitrogens with zero attached hydrogens (tertiary/aromatic N) is 3. The highest BCUT2D eigenvalue weighted by molar-refractivity contribution is 7.07. The SMILES string of the molecule is O=C1CC(C(=O)N2CC3CCC(C2)N3C(=O)Cc2cscn2)CCN1. The van der Waals surface area contributed by atoms with E-state index in [-0.39, 0.29) is 42.1 Å². The summed E-state index contributed by atoms with van der Waals surface area (Å²) >= 11 is 1.50. The Hall–Kier alpha value is -1.96. The predicted molar refractivity (Wildman–Crippen MR) is 91.8 cm³/mol. The number of fused-ring (bicyclic) bond motifs is 2. The largest absolute Gasteiger partial charge is 0.356 e. The van der Waals surface area contributed by atoms with Crippen LogP contribution >= 0.6 is 11.3 Å². The fourth-order valence-electron chi connectivity index (χ4n) is 4.31. The molecule has 3 atom stereocenters. The molecule has 1 aromatic rings. The fraction of sp³-hybridized carbons (Fsp3) is 0.647. The minimum absolute atomic E-state index is 0.0374. The average molecular weight is 362 g/mol. The molecule has 0 spiro atoms. The zero-order valence-electron chi connectivity index (χ0n) is 14.0. The highest BCUT2D eigenvalue weighted by Crippen LogP contribution is 2.32. The van der Waals surface area contributed by atoms with E-state index in [0.29, 0.717) is 32.5 Å². The number of aromatic nitrogens is 1. The highest BCUT2D eigenvalue weighted by atomic mass is 32.1. The van der Waals surface area contributed by atoms with Gasteiger partial charge in [-0.3, -0.25) is 14.4 Å². The molecule has 4 heterocycles. The van der Waals surface area contributed by atoms with Crippen molar-refractivity contribution >= 4 is 29.1 Å². The second kappa shape index (κ2) is 6.74. The van der Waals surface area contributed by atoms with Crippen molar-refractivity contribution in [2.45, 2.75) is 44.2 Å². The molecule has 25 heavy (non-hydrogen) atoms. The summed E-state index contributed by atoms with van der Waals surface area (Å²) in [5.74, 6) is -0.0454. The van der Waals surface area contributed by atoms with Gasteiger partial charge in [0.1, 0.15) is 0 Å². The van der Waals surface area contributed by atoms with Crippen molar-refractivity contribution in [3.8, 4) is 0 Å². The fourth-order valence-corrected chi connectivity index (χ4v) is 4.87. The Morgan fingerprint density at radius 2 is 2.00 bits per heavy atom. The van der Waals surface area contributed by atoms with Crippen molar-refractivity contribution in [2.24, 2.45) is 5.92 Å². The molecule has 3 aliphatic heterocycles. The second-order valence-corrected chi connectivity index (χ2v) is 7.84. The molecule has 3 amide bonds. The number of carbonyl (C=O) groups excluding carboxylic acids is 3. The van der Waals surface area contributed by atoms with Gasteiger partial charge in [0, 0.05) is 49.4 Å². The Kier molecular flexibility index (Phi) is 4.45. The minimum Gasteiger partial charge on any atom is -0.356 e. The number of thiazole rings is 1. The number of piperazine rings is 1. The van der Waals surface area contributed by atoms with Crippen molar-refractivity contribution < 1.29 is 14.4 Å². The van der Waals surface area contributed by atoms with Crippen LogP contribution in [0.1, 0.15) is 31.4 Å². The number of nitrogens with one attached hydrogen (secondary N) is 1. The number of piperidine rings is 1. The van der Waals surface area contributed by atoms with E-state index in [1.807, 2.05) is 15.2 Å². The van der Waals surface area contributed by atoms with E-state index < -0.39 is 0 Å². The number of carbonyl (C=O) groups is 3. The van der Waals surface area contributed by atoms with Gasteiger partial charge >= 0.3 is 0 Å². The molecule has 4 rings (SSSR count). The van der Waals surface area contributed by atoms with Crippen LogP contribution in [0.4, 0.5) is 0 Å². The highest BCUT2D eigenvalue weighted by Gasteiger charge is 2.44. The van der Waals surface area contributed by atoms with Crippen LogP contribution < -0.4 is 5.32 Å². The molecule has 0 radical (unpaired) electrons. The van der Waals surface area contributed by atoms with E-state index in [2.05, 4.69) is 10.3 Å². The van der Waals surface area contributed by atoms with Crippen LogP contribution in [0.2, 0.25) is 0 Å². The first kappa shape index (κ1) is 16.5. The van der Waals surface area contributed by atoms with Crippen molar-refractivity contribution in [3.05, 3.63) is 16.6 Å². The van der Waals surface area contributed by atoms with E-state index in [1.165, 1.54) is 11.3 Å². The third-order valence-corrected chi connectivity index (χ3v) is 6.13. The summed E-state index contributed by atoms with van der Waals surface area (Å²) in [6.45, 7) is 1.76. The molecule has 1 aromatic heterocycles. The number of hydrogen-bond acceptors (Lipinski definition) is 5. The maximum absolute atomic E-state index is 12.8. The van der Waals surface area contributed by atoms with Crippen molar-refractivity contribution in [1.82, 2.24) is 20.1 Å². The molecule has 1 N–H and O–H groups in total. The van der Waals surface area contributed by atoms with Gasteiger partial charge in [-0.15, -0.1) is 11.3 Å². The van der Waals surface area contributed by atoms with Gasteiger partial charge in [-0.05, 0) is 19.3 Å². The maximum Gasteiger partial charge on any atom is 0.229 e. The van der Waals surface area contributed by atoms with Gasteiger partial charge in [-0.2, -0.15) is 0 Å². The minimum atomic E-state index is -0.203. The topological polar surface area (TPSA) is 82.6 Å². The molecule has 3 unspecified atom stereocenters. The summed E-state index contributed by atoms with van der Waals surface area (Å²) in [6.07, 6.45) is 3.23. The summed E-state index contributed by atoms with van der Waals surface area (Å²) in [5.41, 5.74) is 2.56. The molecular weight excluding hydrogens is 340 g/mol. The lowest BCUT2D eigenvalue weighted by atomic mass is 9.95. The molecule has 0 aromatic carbocycles. The molecule has 3 fully saturated rings. The van der Waals surface area contributed by atoms with Gasteiger partial charge in [0.05, 0.1) is 17.6 Å². The van der Waals surface area contributed by atoms with Gasteiger partial charge in [-0.25, -0.2) is 4.98 Å². The lowest BCUT2D eigenvalue weighted by Gasteiger charge is -2.42. The summed E-state index contributed by atoms with van der Waals surface area (Å²) in [4.78, 5) is 45.1. The van der Waals surface area contributed by atoms with E-state index in [4.69, 9.17) is 0 Å². The molecule has 3 aliphatic rings. The van der Waals surface area contributed by atoms with Crippen LogP contribution in [0.3, 0.4) is 0 Å². The maximum atomic E-state index is 12.8. The molecule has 7 nitrogen and oxygen atoms in total. The predicted octanol–water partition coefficient (Wildman–Crippen LogP) is 0.414. The van der Waals surface area contributed by atoms with Gasteiger partial charge in [0.2, 0.25) is 17.7 Å². The Bertz CT molecular complexity index is 663. The van der Waals surface area contributed by atoms with Crippen LogP contribution in [0, 0.1) is 5.92 Å². The van der Waals surface area contributed by atoms with Gasteiger partial charge in [-0.1, -0.05) is 0 Å². The van der Waals surface area contributed by atoms with Crippen molar-refractivity contribution in [3.63, 3.8) is 0 Å². The first-order valence-corrected chi connectivity index (χ1v) is 9.80. The van der Waals surface area contributed by atoms with Gasteiger partial charge in [0.15, 0.2) is 0 Å². The number of hydrogen-bond donors (Lipinski definition) is 1. The first-order chi connectivity index (χ1) is 12.1. The molecule has 3 saturated heterocycles. The van der Waals surface area contributed by atoms with Crippen LogP contribution in [0.25, 0.3) is 0 Å².